The normalized spacial score (nSPS) is 28.6. The largest absolute Gasteiger partial charge is 0.389 e. The molecule has 0 bridgehead atoms. The Balaban J connectivity index is 1.97. The van der Waals surface area contributed by atoms with Gasteiger partial charge in [-0.3, -0.25) is 4.98 Å². The summed E-state index contributed by atoms with van der Waals surface area (Å²) in [5, 5.41) is 10.8. The molecule has 0 radical (unpaired) electrons. The van der Waals surface area contributed by atoms with Gasteiger partial charge in [-0.15, -0.1) is 0 Å². The summed E-state index contributed by atoms with van der Waals surface area (Å²) >= 11 is 0. The van der Waals surface area contributed by atoms with Gasteiger partial charge >= 0.3 is 0 Å². The number of hydrogen-bond donors (Lipinski definition) is 1. The molecule has 1 fully saturated rings. The molecule has 18 heavy (non-hydrogen) atoms. The molecule has 2 heteroatoms. The lowest BCUT2D eigenvalue weighted by Gasteiger charge is -2.37. The molecule has 1 saturated carbocycles. The minimum Gasteiger partial charge on any atom is -0.389 e. The standard InChI is InChI=1S/C16H25NO/c1-13(2)10-14-6-5-8-16(18,11-14)12-15-7-3-4-9-17-15/h3-4,7,9,13-14,18H,5-6,8,10-12H2,1-2H3. The first-order valence-electron chi connectivity index (χ1n) is 7.20. The van der Waals surface area contributed by atoms with Gasteiger partial charge in [0, 0.05) is 18.3 Å². The van der Waals surface area contributed by atoms with E-state index in [-0.39, 0.29) is 0 Å². The van der Waals surface area contributed by atoms with E-state index in [9.17, 15) is 5.11 Å². The quantitative estimate of drug-likeness (QED) is 0.882. The summed E-state index contributed by atoms with van der Waals surface area (Å²) in [6, 6.07) is 5.94. The van der Waals surface area contributed by atoms with Crippen LogP contribution in [-0.4, -0.2) is 15.7 Å². The average Bonchev–Trinajstić information content (AvgIpc) is 2.28. The molecule has 2 atom stereocenters. The molecule has 0 aromatic carbocycles. The van der Waals surface area contributed by atoms with Crippen molar-refractivity contribution in [3.63, 3.8) is 0 Å². The minimum absolute atomic E-state index is 0.522. The fourth-order valence-corrected chi connectivity index (χ4v) is 3.33. The fraction of sp³-hybridized carbons (Fsp3) is 0.688. The van der Waals surface area contributed by atoms with E-state index in [0.717, 1.165) is 30.9 Å². The van der Waals surface area contributed by atoms with Gasteiger partial charge < -0.3 is 5.11 Å². The van der Waals surface area contributed by atoms with Crippen molar-refractivity contribution in [2.24, 2.45) is 11.8 Å². The number of rotatable bonds is 4. The van der Waals surface area contributed by atoms with E-state index in [1.165, 1.54) is 12.8 Å². The van der Waals surface area contributed by atoms with E-state index in [4.69, 9.17) is 0 Å². The zero-order valence-electron chi connectivity index (χ0n) is 11.6. The third-order valence-electron chi connectivity index (χ3n) is 3.96. The molecular formula is C16H25NO. The fourth-order valence-electron chi connectivity index (χ4n) is 3.33. The van der Waals surface area contributed by atoms with Gasteiger partial charge in [0.25, 0.3) is 0 Å². The smallest absolute Gasteiger partial charge is 0.0705 e. The zero-order chi connectivity index (χ0) is 13.0. The Morgan fingerprint density at radius 3 is 2.94 bits per heavy atom. The molecular weight excluding hydrogens is 222 g/mol. The molecule has 100 valence electrons. The maximum absolute atomic E-state index is 10.8. The molecule has 2 nitrogen and oxygen atoms in total. The number of aromatic nitrogens is 1. The highest BCUT2D eigenvalue weighted by atomic mass is 16.3. The van der Waals surface area contributed by atoms with Crippen LogP contribution >= 0.6 is 0 Å². The van der Waals surface area contributed by atoms with Crippen LogP contribution in [0.1, 0.15) is 51.6 Å². The van der Waals surface area contributed by atoms with Crippen molar-refractivity contribution in [2.75, 3.05) is 0 Å². The number of nitrogens with zero attached hydrogens (tertiary/aromatic N) is 1. The van der Waals surface area contributed by atoms with Gasteiger partial charge in [0.05, 0.1) is 5.60 Å². The number of hydrogen-bond acceptors (Lipinski definition) is 2. The molecule has 0 aliphatic heterocycles. The third-order valence-corrected chi connectivity index (χ3v) is 3.96. The summed E-state index contributed by atoms with van der Waals surface area (Å²) < 4.78 is 0. The van der Waals surface area contributed by atoms with Crippen molar-refractivity contribution in [3.05, 3.63) is 30.1 Å². The molecule has 0 spiro atoms. The van der Waals surface area contributed by atoms with Gasteiger partial charge in [0.2, 0.25) is 0 Å². The first-order valence-corrected chi connectivity index (χ1v) is 7.20. The molecule has 1 aromatic heterocycles. The molecule has 0 amide bonds. The molecule has 2 rings (SSSR count). The van der Waals surface area contributed by atoms with Gasteiger partial charge in [-0.1, -0.05) is 32.8 Å². The van der Waals surface area contributed by atoms with Gasteiger partial charge in [0.15, 0.2) is 0 Å². The van der Waals surface area contributed by atoms with Crippen molar-refractivity contribution in [3.8, 4) is 0 Å². The monoisotopic (exact) mass is 247 g/mol. The Morgan fingerprint density at radius 1 is 1.44 bits per heavy atom. The van der Waals surface area contributed by atoms with E-state index in [2.05, 4.69) is 18.8 Å². The lowest BCUT2D eigenvalue weighted by Crippen LogP contribution is -2.38. The van der Waals surface area contributed by atoms with Crippen LogP contribution in [-0.2, 0) is 6.42 Å². The minimum atomic E-state index is -0.522. The topological polar surface area (TPSA) is 33.1 Å². The number of pyridine rings is 1. The second-order valence-corrected chi connectivity index (χ2v) is 6.31. The second-order valence-electron chi connectivity index (χ2n) is 6.31. The van der Waals surface area contributed by atoms with Crippen LogP contribution in [0.2, 0.25) is 0 Å². The highest BCUT2D eigenvalue weighted by molar-refractivity contribution is 5.08. The molecule has 1 aliphatic carbocycles. The Morgan fingerprint density at radius 2 is 2.28 bits per heavy atom. The summed E-state index contributed by atoms with van der Waals surface area (Å²) in [4.78, 5) is 4.34. The lowest BCUT2D eigenvalue weighted by atomic mass is 9.73. The average molecular weight is 247 g/mol. The SMILES string of the molecule is CC(C)CC1CCCC(O)(Cc2ccccn2)C1. The highest BCUT2D eigenvalue weighted by Gasteiger charge is 2.34. The first kappa shape index (κ1) is 13.5. The predicted molar refractivity (Wildman–Crippen MR) is 74.3 cm³/mol. The van der Waals surface area contributed by atoms with Crippen LogP contribution in [0.3, 0.4) is 0 Å². The van der Waals surface area contributed by atoms with E-state index >= 15 is 0 Å². The summed E-state index contributed by atoms with van der Waals surface area (Å²) in [5.74, 6) is 1.42. The molecule has 1 heterocycles. The predicted octanol–water partition coefficient (Wildman–Crippen LogP) is 3.59. The van der Waals surface area contributed by atoms with E-state index in [1.54, 1.807) is 0 Å². The van der Waals surface area contributed by atoms with Crippen molar-refractivity contribution < 1.29 is 5.11 Å². The van der Waals surface area contributed by atoms with Crippen molar-refractivity contribution >= 4 is 0 Å². The Kier molecular flexibility index (Phi) is 4.39. The Bertz CT molecular complexity index is 363. The van der Waals surface area contributed by atoms with Gasteiger partial charge in [-0.05, 0) is 43.2 Å². The molecule has 1 aliphatic rings. The summed E-state index contributed by atoms with van der Waals surface area (Å²) in [7, 11) is 0. The number of aliphatic hydroxyl groups is 1. The molecule has 1 aromatic rings. The molecule has 2 unspecified atom stereocenters. The second kappa shape index (κ2) is 5.83. The Hall–Kier alpha value is -0.890. The van der Waals surface area contributed by atoms with Crippen LogP contribution in [0.4, 0.5) is 0 Å². The lowest BCUT2D eigenvalue weighted by molar-refractivity contribution is -0.0196. The van der Waals surface area contributed by atoms with Gasteiger partial charge in [-0.25, -0.2) is 0 Å². The van der Waals surface area contributed by atoms with Crippen molar-refractivity contribution in [1.29, 1.82) is 0 Å². The summed E-state index contributed by atoms with van der Waals surface area (Å²) in [6.45, 7) is 4.54. The Labute approximate surface area is 110 Å². The van der Waals surface area contributed by atoms with Crippen LogP contribution in [0.15, 0.2) is 24.4 Å². The van der Waals surface area contributed by atoms with E-state index in [0.29, 0.717) is 12.3 Å². The zero-order valence-corrected chi connectivity index (χ0v) is 11.6. The van der Waals surface area contributed by atoms with Gasteiger partial charge in [-0.2, -0.15) is 0 Å². The van der Waals surface area contributed by atoms with Crippen LogP contribution < -0.4 is 0 Å². The first-order chi connectivity index (χ1) is 8.57. The van der Waals surface area contributed by atoms with Crippen LogP contribution in [0, 0.1) is 11.8 Å². The maximum Gasteiger partial charge on any atom is 0.0705 e. The van der Waals surface area contributed by atoms with Gasteiger partial charge in [0.1, 0.15) is 0 Å². The van der Waals surface area contributed by atoms with Crippen molar-refractivity contribution in [1.82, 2.24) is 4.98 Å². The summed E-state index contributed by atoms with van der Waals surface area (Å²) in [5.41, 5.74) is 0.497. The molecule has 1 N–H and O–H groups in total. The van der Waals surface area contributed by atoms with Crippen LogP contribution in [0.25, 0.3) is 0 Å². The van der Waals surface area contributed by atoms with Crippen LogP contribution in [0.5, 0.6) is 0 Å². The maximum atomic E-state index is 10.8. The molecule has 0 saturated heterocycles. The van der Waals surface area contributed by atoms with Crippen molar-refractivity contribution in [2.45, 2.75) is 58.0 Å². The van der Waals surface area contributed by atoms with E-state index < -0.39 is 5.60 Å². The van der Waals surface area contributed by atoms with E-state index in [1.807, 2.05) is 24.4 Å². The third kappa shape index (κ3) is 3.81. The highest BCUT2D eigenvalue weighted by Crippen LogP contribution is 2.37. The summed E-state index contributed by atoms with van der Waals surface area (Å²) in [6.07, 6.45) is 8.07.